The number of nitrogens with zero attached hydrogens (tertiary/aromatic N) is 2. The van der Waals surface area contributed by atoms with E-state index in [1.165, 1.54) is 5.56 Å². The molecule has 0 radical (unpaired) electrons. The van der Waals surface area contributed by atoms with Crippen LogP contribution in [0.4, 0.5) is 11.4 Å². The van der Waals surface area contributed by atoms with Crippen LogP contribution < -0.4 is 15.8 Å². The number of aromatic amines is 1. The van der Waals surface area contributed by atoms with Crippen molar-refractivity contribution in [3.05, 3.63) is 112 Å². The molecule has 6 nitrogen and oxygen atoms in total. The number of hydrogen-bond acceptors (Lipinski definition) is 5. The van der Waals surface area contributed by atoms with E-state index in [1.54, 1.807) is 17.4 Å². The molecule has 0 bridgehead atoms. The van der Waals surface area contributed by atoms with Crippen LogP contribution in [0.1, 0.15) is 18.4 Å². The molecule has 2 N–H and O–H groups in total. The molecule has 0 aliphatic carbocycles. The lowest BCUT2D eigenvalue weighted by molar-refractivity contribution is -0.120. The van der Waals surface area contributed by atoms with E-state index in [0.717, 1.165) is 61.3 Å². The molecule has 1 fully saturated rings. The fourth-order valence-corrected chi connectivity index (χ4v) is 7.19. The van der Waals surface area contributed by atoms with Gasteiger partial charge in [-0.05, 0) is 85.5 Å². The maximum atomic E-state index is 13.6. The van der Waals surface area contributed by atoms with Crippen LogP contribution in [0, 0.1) is 12.8 Å². The minimum Gasteiger partial charge on any atom is -0.366 e. The first-order valence-electron chi connectivity index (χ1n) is 14.4. The minimum atomic E-state index is -0.265. The summed E-state index contributed by atoms with van der Waals surface area (Å²) in [5.74, 6) is -0.312. The normalized spacial score (nSPS) is 15.2. The second-order valence-corrected chi connectivity index (χ2v) is 12.5. The first-order chi connectivity index (χ1) is 20.9. The summed E-state index contributed by atoms with van der Waals surface area (Å²) in [7, 11) is 0. The van der Waals surface area contributed by atoms with E-state index in [1.807, 2.05) is 66.7 Å². The number of H-pyrrole nitrogens is 1. The molecule has 7 rings (SSSR count). The number of fused-ring (bicyclic) bond motifs is 2. The number of anilines is 2. The molecule has 43 heavy (non-hydrogen) atoms. The van der Waals surface area contributed by atoms with Gasteiger partial charge in [0, 0.05) is 45.8 Å². The fraction of sp³-hybridized carbons (Fsp3) is 0.171. The zero-order valence-corrected chi connectivity index (χ0v) is 25.1. The van der Waals surface area contributed by atoms with Crippen LogP contribution in [-0.4, -0.2) is 29.0 Å². The fourth-order valence-electron chi connectivity index (χ4n) is 5.94. The summed E-state index contributed by atoms with van der Waals surface area (Å²) in [4.78, 5) is 36.9. The molecule has 1 unspecified atom stereocenters. The van der Waals surface area contributed by atoms with Gasteiger partial charge in [-0.15, -0.1) is 11.3 Å². The van der Waals surface area contributed by atoms with Crippen LogP contribution in [0.25, 0.3) is 42.8 Å². The predicted molar refractivity (Wildman–Crippen MR) is 178 cm³/mol. The number of piperidine rings is 1. The number of hydrogen-bond donors (Lipinski definition) is 2. The van der Waals surface area contributed by atoms with Crippen LogP contribution >= 0.6 is 22.9 Å². The number of benzene rings is 4. The van der Waals surface area contributed by atoms with Crippen molar-refractivity contribution in [2.75, 3.05) is 23.3 Å². The smallest absolute Gasteiger partial charge is 0.272 e. The van der Waals surface area contributed by atoms with Crippen LogP contribution in [0.5, 0.6) is 0 Å². The summed E-state index contributed by atoms with van der Waals surface area (Å²) in [5, 5.41) is 5.54. The van der Waals surface area contributed by atoms with Gasteiger partial charge in [-0.25, -0.2) is 4.98 Å². The minimum absolute atomic E-state index is 0.0468. The lowest BCUT2D eigenvalue weighted by Gasteiger charge is -2.34. The second-order valence-electron chi connectivity index (χ2n) is 11.1. The maximum Gasteiger partial charge on any atom is 0.272 e. The van der Waals surface area contributed by atoms with E-state index >= 15 is 0 Å². The Bertz CT molecular complexity index is 2040. The van der Waals surface area contributed by atoms with Gasteiger partial charge in [0.05, 0.1) is 16.1 Å². The van der Waals surface area contributed by atoms with Crippen molar-refractivity contribution < 1.29 is 4.79 Å². The molecule has 1 atom stereocenters. The SMILES string of the molecule is Cc1ccc2nc(-c3ccc(NC(=O)C4CCCN(c5c(-c6ccccc6)c6cc(Cl)ccc6[nH]c5=O)C4)cc3)sc2c1. The highest BCUT2D eigenvalue weighted by Gasteiger charge is 2.29. The molecule has 214 valence electrons. The Labute approximate surface area is 258 Å². The standard InChI is InChI=1S/C35H29ClN4O2S/c1-21-9-15-29-30(18-21)43-35(39-29)23-10-13-26(14-11-23)37-33(41)24-8-5-17-40(20-24)32-31(22-6-3-2-4-7-22)27-19-25(36)12-16-28(27)38-34(32)42/h2-4,6-7,9-16,18-19,24H,5,8,17,20H2,1H3,(H,37,41)(H,38,42). The Morgan fingerprint density at radius 3 is 2.63 bits per heavy atom. The number of aryl methyl sites for hydroxylation is 1. The number of pyridine rings is 1. The zero-order valence-electron chi connectivity index (χ0n) is 23.6. The van der Waals surface area contributed by atoms with Crippen molar-refractivity contribution in [1.29, 1.82) is 0 Å². The predicted octanol–water partition coefficient (Wildman–Crippen LogP) is 8.29. The van der Waals surface area contributed by atoms with E-state index in [9.17, 15) is 9.59 Å². The van der Waals surface area contributed by atoms with Crippen LogP contribution in [0.15, 0.2) is 95.8 Å². The Hall–Kier alpha value is -4.46. The van der Waals surface area contributed by atoms with E-state index in [0.29, 0.717) is 23.8 Å². The van der Waals surface area contributed by atoms with Gasteiger partial charge in [-0.3, -0.25) is 9.59 Å². The quantitative estimate of drug-likeness (QED) is 0.207. The third-order valence-corrected chi connectivity index (χ3v) is 9.37. The Balaban J connectivity index is 1.14. The largest absolute Gasteiger partial charge is 0.366 e. The number of thiazole rings is 1. The summed E-state index contributed by atoms with van der Waals surface area (Å²) in [6.45, 7) is 3.22. The van der Waals surface area contributed by atoms with E-state index < -0.39 is 0 Å². The highest BCUT2D eigenvalue weighted by atomic mass is 35.5. The Morgan fingerprint density at radius 1 is 1.00 bits per heavy atom. The summed E-state index contributed by atoms with van der Waals surface area (Å²) < 4.78 is 1.16. The van der Waals surface area contributed by atoms with Crippen molar-refractivity contribution in [3.63, 3.8) is 0 Å². The van der Waals surface area contributed by atoms with Crippen molar-refractivity contribution in [3.8, 4) is 21.7 Å². The molecule has 6 aromatic rings. The average Bonchev–Trinajstić information content (AvgIpc) is 3.45. The van der Waals surface area contributed by atoms with Crippen molar-refractivity contribution >= 4 is 61.3 Å². The van der Waals surface area contributed by atoms with Crippen molar-refractivity contribution in [1.82, 2.24) is 9.97 Å². The molecule has 0 saturated carbocycles. The van der Waals surface area contributed by atoms with Gasteiger partial charge in [-0.2, -0.15) is 0 Å². The van der Waals surface area contributed by atoms with Crippen LogP contribution in [-0.2, 0) is 4.79 Å². The molecule has 3 heterocycles. The lowest BCUT2D eigenvalue weighted by atomic mass is 9.93. The number of nitrogens with one attached hydrogen (secondary N) is 2. The molecule has 1 amide bonds. The Kier molecular flexibility index (Phi) is 7.21. The number of amides is 1. The first kappa shape index (κ1) is 27.4. The molecule has 1 saturated heterocycles. The van der Waals surface area contributed by atoms with E-state index in [4.69, 9.17) is 16.6 Å². The topological polar surface area (TPSA) is 78.1 Å². The van der Waals surface area contributed by atoms with Crippen LogP contribution in [0.3, 0.4) is 0 Å². The average molecular weight is 605 g/mol. The molecule has 2 aromatic heterocycles. The van der Waals surface area contributed by atoms with Gasteiger partial charge in [0.25, 0.3) is 5.56 Å². The number of carbonyl (C=O) groups excluding carboxylic acids is 1. The second kappa shape index (κ2) is 11.3. The maximum absolute atomic E-state index is 13.6. The third-order valence-electron chi connectivity index (χ3n) is 8.07. The van der Waals surface area contributed by atoms with Crippen LogP contribution in [0.2, 0.25) is 5.02 Å². The Morgan fingerprint density at radius 2 is 1.81 bits per heavy atom. The van der Waals surface area contributed by atoms with Crippen molar-refractivity contribution in [2.24, 2.45) is 5.92 Å². The third kappa shape index (κ3) is 5.42. The number of aromatic nitrogens is 2. The van der Waals surface area contributed by atoms with Gasteiger partial charge in [-0.1, -0.05) is 48.0 Å². The molecule has 0 spiro atoms. The summed E-state index contributed by atoms with van der Waals surface area (Å²) >= 11 is 8.07. The summed E-state index contributed by atoms with van der Waals surface area (Å²) in [6.07, 6.45) is 1.55. The molecule has 1 aliphatic rings. The summed E-state index contributed by atoms with van der Waals surface area (Å²) in [6, 6.07) is 29.5. The number of carbonyl (C=O) groups is 1. The molecule has 8 heteroatoms. The highest BCUT2D eigenvalue weighted by Crippen LogP contribution is 2.37. The molecular formula is C35H29ClN4O2S. The van der Waals surface area contributed by atoms with Gasteiger partial charge >= 0.3 is 0 Å². The van der Waals surface area contributed by atoms with E-state index in [2.05, 4.69) is 40.3 Å². The van der Waals surface area contributed by atoms with Gasteiger partial charge in [0.2, 0.25) is 5.91 Å². The van der Waals surface area contributed by atoms with Gasteiger partial charge in [0.15, 0.2) is 0 Å². The van der Waals surface area contributed by atoms with E-state index in [-0.39, 0.29) is 17.4 Å². The monoisotopic (exact) mass is 604 g/mol. The van der Waals surface area contributed by atoms with Gasteiger partial charge in [0.1, 0.15) is 10.7 Å². The molecular weight excluding hydrogens is 576 g/mol. The number of rotatable bonds is 5. The van der Waals surface area contributed by atoms with Crippen molar-refractivity contribution in [2.45, 2.75) is 19.8 Å². The zero-order chi connectivity index (χ0) is 29.5. The molecule has 1 aliphatic heterocycles. The summed E-state index contributed by atoms with van der Waals surface area (Å²) in [5.41, 5.74) is 6.88. The molecule has 4 aromatic carbocycles. The van der Waals surface area contributed by atoms with Gasteiger partial charge < -0.3 is 15.2 Å². The highest BCUT2D eigenvalue weighted by molar-refractivity contribution is 7.21. The first-order valence-corrected chi connectivity index (χ1v) is 15.6. The lowest BCUT2D eigenvalue weighted by Crippen LogP contribution is -2.43. The number of halogens is 1.